The average Bonchev–Trinajstić information content (AvgIpc) is 2.55. The van der Waals surface area contributed by atoms with Gasteiger partial charge in [0.2, 0.25) is 0 Å². The summed E-state index contributed by atoms with van der Waals surface area (Å²) in [5.41, 5.74) is 1.11. The third-order valence-electron chi connectivity index (χ3n) is 3.48. The van der Waals surface area contributed by atoms with E-state index in [1.807, 2.05) is 43.1 Å². The normalized spacial score (nSPS) is 12.1. The SMILES string of the molecule is CN=C(NCCOCCS(C)(=O)=O)N(C)CCOc1ccccc1C. The Hall–Kier alpha value is -1.80. The number of rotatable bonds is 10. The highest BCUT2D eigenvalue weighted by Crippen LogP contribution is 2.15. The summed E-state index contributed by atoms with van der Waals surface area (Å²) in [5.74, 6) is 1.66. The monoisotopic (exact) mass is 371 g/mol. The Balaban J connectivity index is 2.24. The van der Waals surface area contributed by atoms with E-state index in [0.717, 1.165) is 17.3 Å². The first kappa shape index (κ1) is 21.2. The second-order valence-electron chi connectivity index (χ2n) is 5.75. The number of hydrogen-bond acceptors (Lipinski definition) is 5. The molecule has 1 N–H and O–H groups in total. The molecule has 1 aromatic carbocycles. The number of guanidine groups is 1. The van der Waals surface area contributed by atoms with Crippen molar-refractivity contribution in [2.24, 2.45) is 4.99 Å². The number of likely N-dealkylation sites (N-methyl/N-ethyl adjacent to an activating group) is 1. The van der Waals surface area contributed by atoms with Gasteiger partial charge in [0.25, 0.3) is 0 Å². The zero-order chi connectivity index (χ0) is 18.7. The third kappa shape index (κ3) is 9.31. The predicted octanol–water partition coefficient (Wildman–Crippen LogP) is 0.942. The summed E-state index contributed by atoms with van der Waals surface area (Å²) in [6.45, 7) is 4.43. The fourth-order valence-corrected chi connectivity index (χ4v) is 2.47. The molecule has 25 heavy (non-hydrogen) atoms. The first-order valence-electron chi connectivity index (χ1n) is 8.19. The lowest BCUT2D eigenvalue weighted by Gasteiger charge is -2.22. The van der Waals surface area contributed by atoms with Crippen LogP contribution in [0.3, 0.4) is 0 Å². The Bertz CT molecular complexity index is 647. The van der Waals surface area contributed by atoms with E-state index < -0.39 is 9.84 Å². The highest BCUT2D eigenvalue weighted by molar-refractivity contribution is 7.90. The molecule has 0 radical (unpaired) electrons. The Morgan fingerprint density at radius 3 is 2.60 bits per heavy atom. The molecule has 0 heterocycles. The van der Waals surface area contributed by atoms with E-state index in [4.69, 9.17) is 9.47 Å². The molecule has 0 aromatic heterocycles. The van der Waals surface area contributed by atoms with Crippen molar-refractivity contribution in [1.29, 1.82) is 0 Å². The highest BCUT2D eigenvalue weighted by Gasteiger charge is 2.06. The van der Waals surface area contributed by atoms with Crippen LogP contribution in [-0.2, 0) is 14.6 Å². The Morgan fingerprint density at radius 1 is 1.24 bits per heavy atom. The molecule has 0 aliphatic rings. The minimum Gasteiger partial charge on any atom is -0.491 e. The summed E-state index contributed by atoms with van der Waals surface area (Å²) in [4.78, 5) is 6.18. The largest absolute Gasteiger partial charge is 0.491 e. The quantitative estimate of drug-likeness (QED) is 0.375. The van der Waals surface area contributed by atoms with E-state index in [1.165, 1.54) is 6.26 Å². The minimum atomic E-state index is -2.97. The van der Waals surface area contributed by atoms with Gasteiger partial charge in [-0.2, -0.15) is 0 Å². The Kier molecular flexibility index (Phi) is 9.30. The summed E-state index contributed by atoms with van der Waals surface area (Å²) in [6.07, 6.45) is 1.20. The lowest BCUT2D eigenvalue weighted by Crippen LogP contribution is -2.42. The molecule has 0 aliphatic heterocycles. The number of hydrogen-bond donors (Lipinski definition) is 1. The molecular weight excluding hydrogens is 342 g/mol. The first-order chi connectivity index (χ1) is 11.8. The van der Waals surface area contributed by atoms with Gasteiger partial charge in [-0.15, -0.1) is 0 Å². The van der Waals surface area contributed by atoms with Crippen LogP contribution in [0.25, 0.3) is 0 Å². The van der Waals surface area contributed by atoms with Gasteiger partial charge < -0.3 is 19.7 Å². The van der Waals surface area contributed by atoms with Gasteiger partial charge in [0.1, 0.15) is 22.2 Å². The molecule has 0 aliphatic carbocycles. The summed E-state index contributed by atoms with van der Waals surface area (Å²) < 4.78 is 33.1. The van der Waals surface area contributed by atoms with E-state index in [2.05, 4.69) is 10.3 Å². The van der Waals surface area contributed by atoms with Gasteiger partial charge in [0.15, 0.2) is 5.96 Å². The van der Waals surface area contributed by atoms with Crippen molar-refractivity contribution in [3.63, 3.8) is 0 Å². The van der Waals surface area contributed by atoms with Gasteiger partial charge in [0, 0.05) is 26.9 Å². The number of nitrogens with zero attached hydrogens (tertiary/aromatic N) is 2. The number of aryl methyl sites for hydroxylation is 1. The smallest absolute Gasteiger partial charge is 0.193 e. The molecule has 0 spiro atoms. The zero-order valence-corrected chi connectivity index (χ0v) is 16.3. The van der Waals surface area contributed by atoms with Crippen molar-refractivity contribution < 1.29 is 17.9 Å². The van der Waals surface area contributed by atoms with Crippen LogP contribution in [0.2, 0.25) is 0 Å². The number of para-hydroxylation sites is 1. The topological polar surface area (TPSA) is 80.2 Å². The number of nitrogens with one attached hydrogen (secondary N) is 1. The van der Waals surface area contributed by atoms with Crippen molar-refractivity contribution in [3.05, 3.63) is 29.8 Å². The van der Waals surface area contributed by atoms with Crippen LogP contribution in [0, 0.1) is 6.92 Å². The van der Waals surface area contributed by atoms with Crippen molar-refractivity contribution in [2.75, 3.05) is 59.0 Å². The van der Waals surface area contributed by atoms with E-state index in [9.17, 15) is 8.42 Å². The molecule has 8 heteroatoms. The predicted molar refractivity (Wildman–Crippen MR) is 101 cm³/mol. The molecule has 1 rings (SSSR count). The molecule has 0 atom stereocenters. The average molecular weight is 372 g/mol. The van der Waals surface area contributed by atoms with E-state index >= 15 is 0 Å². The fourth-order valence-electron chi connectivity index (χ4n) is 2.05. The molecule has 0 amide bonds. The van der Waals surface area contributed by atoms with Crippen LogP contribution < -0.4 is 10.1 Å². The summed E-state index contributed by atoms with van der Waals surface area (Å²) in [7, 11) is 0.672. The molecule has 0 unspecified atom stereocenters. The molecule has 0 fully saturated rings. The zero-order valence-electron chi connectivity index (χ0n) is 15.5. The lowest BCUT2D eigenvalue weighted by atomic mass is 10.2. The van der Waals surface area contributed by atoms with Gasteiger partial charge in [-0.1, -0.05) is 18.2 Å². The van der Waals surface area contributed by atoms with Gasteiger partial charge in [0.05, 0.1) is 25.5 Å². The number of ether oxygens (including phenoxy) is 2. The molecular formula is C17H29N3O4S. The van der Waals surface area contributed by atoms with Crippen molar-refractivity contribution >= 4 is 15.8 Å². The van der Waals surface area contributed by atoms with Gasteiger partial charge in [-0.05, 0) is 18.6 Å². The minimum absolute atomic E-state index is 0.0396. The molecule has 142 valence electrons. The van der Waals surface area contributed by atoms with Crippen LogP contribution >= 0.6 is 0 Å². The maximum Gasteiger partial charge on any atom is 0.193 e. The van der Waals surface area contributed by atoms with Gasteiger partial charge in [-0.3, -0.25) is 4.99 Å². The molecule has 0 saturated carbocycles. The highest BCUT2D eigenvalue weighted by atomic mass is 32.2. The lowest BCUT2D eigenvalue weighted by molar-refractivity contribution is 0.153. The van der Waals surface area contributed by atoms with Crippen LogP contribution in [0.1, 0.15) is 5.56 Å². The molecule has 7 nitrogen and oxygen atoms in total. The molecule has 1 aromatic rings. The second-order valence-corrected chi connectivity index (χ2v) is 8.01. The number of aliphatic imine (C=N–C) groups is 1. The molecule has 0 saturated heterocycles. The number of sulfone groups is 1. The Morgan fingerprint density at radius 2 is 1.96 bits per heavy atom. The van der Waals surface area contributed by atoms with Crippen molar-refractivity contribution in [2.45, 2.75) is 6.92 Å². The van der Waals surface area contributed by atoms with Crippen LogP contribution in [0.15, 0.2) is 29.3 Å². The summed E-state index contributed by atoms with van der Waals surface area (Å²) in [5, 5.41) is 3.17. The summed E-state index contributed by atoms with van der Waals surface area (Å²) >= 11 is 0. The second kappa shape index (κ2) is 10.9. The number of benzene rings is 1. The van der Waals surface area contributed by atoms with Crippen LogP contribution in [0.5, 0.6) is 5.75 Å². The maximum atomic E-state index is 11.0. The van der Waals surface area contributed by atoms with Gasteiger partial charge >= 0.3 is 0 Å². The summed E-state index contributed by atoms with van der Waals surface area (Å²) in [6, 6.07) is 7.91. The molecule has 0 bridgehead atoms. The van der Waals surface area contributed by atoms with Crippen molar-refractivity contribution in [3.8, 4) is 5.75 Å². The van der Waals surface area contributed by atoms with E-state index in [-0.39, 0.29) is 12.4 Å². The van der Waals surface area contributed by atoms with E-state index in [1.54, 1.807) is 7.05 Å². The Labute approximate surface area is 151 Å². The van der Waals surface area contributed by atoms with Crippen molar-refractivity contribution in [1.82, 2.24) is 10.2 Å². The van der Waals surface area contributed by atoms with E-state index in [0.29, 0.717) is 26.3 Å². The first-order valence-corrected chi connectivity index (χ1v) is 10.2. The fraction of sp³-hybridized carbons (Fsp3) is 0.588. The standard InChI is InChI=1S/C17H29N3O4S/c1-15-7-5-6-8-16(15)24-12-10-20(3)17(18-2)19-9-11-23-13-14-25(4,21)22/h5-8H,9-14H2,1-4H3,(H,18,19). The van der Waals surface area contributed by atoms with Crippen LogP contribution in [-0.4, -0.2) is 78.3 Å². The van der Waals surface area contributed by atoms with Crippen LogP contribution in [0.4, 0.5) is 0 Å². The maximum absolute atomic E-state index is 11.0. The van der Waals surface area contributed by atoms with Gasteiger partial charge in [-0.25, -0.2) is 8.42 Å². The third-order valence-corrected chi connectivity index (χ3v) is 4.39.